The predicted molar refractivity (Wildman–Crippen MR) is 106 cm³/mol. The van der Waals surface area contributed by atoms with Gasteiger partial charge in [0.1, 0.15) is 5.75 Å². The Morgan fingerprint density at radius 1 is 1.14 bits per heavy atom. The van der Waals surface area contributed by atoms with Gasteiger partial charge < -0.3 is 20.1 Å². The minimum Gasteiger partial charge on any atom is -0.506 e. The molecule has 0 radical (unpaired) electrons. The van der Waals surface area contributed by atoms with E-state index in [9.17, 15) is 14.7 Å². The molecule has 2 amide bonds. The molecule has 29 heavy (non-hydrogen) atoms. The molecule has 0 aromatic carbocycles. The highest BCUT2D eigenvalue weighted by Gasteiger charge is 2.38. The summed E-state index contributed by atoms with van der Waals surface area (Å²) in [6.45, 7) is 4.18. The Labute approximate surface area is 171 Å². The summed E-state index contributed by atoms with van der Waals surface area (Å²) >= 11 is 0. The van der Waals surface area contributed by atoms with Crippen molar-refractivity contribution in [2.75, 3.05) is 39.4 Å². The Hall–Kier alpha value is -2.19. The zero-order valence-corrected chi connectivity index (χ0v) is 16.8. The number of aromatic hydroxyl groups is 1. The first kappa shape index (κ1) is 20.1. The van der Waals surface area contributed by atoms with E-state index < -0.39 is 0 Å². The third kappa shape index (κ3) is 5.25. The van der Waals surface area contributed by atoms with Crippen LogP contribution in [0.2, 0.25) is 0 Å². The van der Waals surface area contributed by atoms with E-state index >= 15 is 0 Å². The molecule has 0 unspecified atom stereocenters. The fourth-order valence-corrected chi connectivity index (χ4v) is 4.36. The lowest BCUT2D eigenvalue weighted by atomic mass is 10.1. The highest BCUT2D eigenvalue weighted by molar-refractivity contribution is 5.94. The molecule has 3 fully saturated rings. The van der Waals surface area contributed by atoms with E-state index in [2.05, 4.69) is 15.2 Å². The van der Waals surface area contributed by atoms with Crippen LogP contribution in [0.1, 0.15) is 42.5 Å². The number of nitrogens with zero attached hydrogens (tertiary/aromatic N) is 3. The minimum absolute atomic E-state index is 0.0180. The second-order valence-corrected chi connectivity index (χ2v) is 8.36. The van der Waals surface area contributed by atoms with Gasteiger partial charge in [0.25, 0.3) is 5.91 Å². The van der Waals surface area contributed by atoms with Crippen LogP contribution in [-0.2, 0) is 9.53 Å². The molecule has 2 aliphatic heterocycles. The molecule has 0 bridgehead atoms. The monoisotopic (exact) mass is 402 g/mol. The average molecular weight is 402 g/mol. The summed E-state index contributed by atoms with van der Waals surface area (Å²) in [6, 6.07) is 1.91. The zero-order valence-electron chi connectivity index (χ0n) is 16.8. The molecule has 3 aliphatic rings. The molecule has 1 aromatic heterocycles. The predicted octanol–water partition coefficient (Wildman–Crippen LogP) is 1.01. The van der Waals surface area contributed by atoms with E-state index in [0.29, 0.717) is 44.8 Å². The molecule has 0 spiro atoms. The number of hydrogen-bond donors (Lipinski definition) is 2. The van der Waals surface area contributed by atoms with E-state index in [4.69, 9.17) is 4.74 Å². The lowest BCUT2D eigenvalue weighted by Crippen LogP contribution is -2.47. The van der Waals surface area contributed by atoms with E-state index in [-0.39, 0.29) is 29.6 Å². The smallest absolute Gasteiger partial charge is 0.253 e. The number of pyridine rings is 1. The van der Waals surface area contributed by atoms with Crippen LogP contribution in [0.15, 0.2) is 18.5 Å². The molecule has 2 saturated heterocycles. The summed E-state index contributed by atoms with van der Waals surface area (Å²) in [5.74, 6) is 0.695. The van der Waals surface area contributed by atoms with Gasteiger partial charge >= 0.3 is 0 Å². The first-order chi connectivity index (χ1) is 14.1. The maximum absolute atomic E-state index is 12.7. The van der Waals surface area contributed by atoms with Gasteiger partial charge in [0, 0.05) is 50.9 Å². The van der Waals surface area contributed by atoms with Gasteiger partial charge in [0.15, 0.2) is 0 Å². The van der Waals surface area contributed by atoms with Crippen molar-refractivity contribution in [1.82, 2.24) is 20.1 Å². The molecular weight excluding hydrogens is 372 g/mol. The molecule has 1 aromatic rings. The third-order valence-electron chi connectivity index (χ3n) is 6.20. The number of likely N-dealkylation sites (tertiary alicyclic amines) is 1. The Bertz CT molecular complexity index is 733. The number of carbonyl (C=O) groups excluding carboxylic acids is 2. The van der Waals surface area contributed by atoms with Gasteiger partial charge in [-0.2, -0.15) is 0 Å². The van der Waals surface area contributed by atoms with Gasteiger partial charge in [-0.25, -0.2) is 0 Å². The van der Waals surface area contributed by atoms with Crippen LogP contribution in [0.3, 0.4) is 0 Å². The van der Waals surface area contributed by atoms with Crippen molar-refractivity contribution in [2.24, 2.45) is 5.92 Å². The van der Waals surface area contributed by atoms with E-state index in [1.54, 1.807) is 0 Å². The van der Waals surface area contributed by atoms with Crippen molar-refractivity contribution >= 4 is 11.8 Å². The summed E-state index contributed by atoms with van der Waals surface area (Å²) in [7, 11) is 0. The summed E-state index contributed by atoms with van der Waals surface area (Å²) < 4.78 is 5.35. The van der Waals surface area contributed by atoms with Gasteiger partial charge in [0.2, 0.25) is 5.91 Å². The number of ether oxygens (including phenoxy) is 1. The molecular formula is C21H30N4O4. The maximum Gasteiger partial charge on any atom is 0.253 e. The van der Waals surface area contributed by atoms with E-state index in [1.165, 1.54) is 31.3 Å². The van der Waals surface area contributed by atoms with Gasteiger partial charge in [-0.05, 0) is 37.7 Å². The maximum atomic E-state index is 12.7. The standard InChI is InChI=1S/C21H30N4O4/c26-19-9-16(11-22-13-19)21(28)23-12-18-4-3-17(25(18)14-15-1-2-15)10-20(27)24-5-7-29-8-6-24/h9,11,13,15,17-18,26H,1-8,10,12,14H2,(H,23,28)/t17-,18+/m1/s1. The minimum atomic E-state index is -0.229. The molecule has 4 rings (SSSR count). The van der Waals surface area contributed by atoms with Crippen LogP contribution < -0.4 is 5.32 Å². The van der Waals surface area contributed by atoms with E-state index in [1.807, 2.05) is 4.90 Å². The highest BCUT2D eigenvalue weighted by atomic mass is 16.5. The van der Waals surface area contributed by atoms with Gasteiger partial charge in [-0.3, -0.25) is 19.5 Å². The fraction of sp³-hybridized carbons (Fsp3) is 0.667. The largest absolute Gasteiger partial charge is 0.506 e. The number of aromatic nitrogens is 1. The molecule has 158 valence electrons. The van der Waals surface area contributed by atoms with Crippen LogP contribution in [-0.4, -0.2) is 83.2 Å². The molecule has 3 heterocycles. The summed E-state index contributed by atoms with van der Waals surface area (Å²) in [5.41, 5.74) is 0.357. The number of carbonyl (C=O) groups is 2. The highest BCUT2D eigenvalue weighted by Crippen LogP contribution is 2.35. The van der Waals surface area contributed by atoms with Crippen LogP contribution >= 0.6 is 0 Å². The average Bonchev–Trinajstić information content (AvgIpc) is 3.48. The Morgan fingerprint density at radius 3 is 2.62 bits per heavy atom. The molecule has 8 nitrogen and oxygen atoms in total. The van der Waals surface area contributed by atoms with Gasteiger partial charge in [-0.1, -0.05) is 0 Å². The second-order valence-electron chi connectivity index (χ2n) is 8.36. The third-order valence-corrected chi connectivity index (χ3v) is 6.20. The van der Waals surface area contributed by atoms with Crippen molar-refractivity contribution in [1.29, 1.82) is 0 Å². The lowest BCUT2D eigenvalue weighted by Gasteiger charge is -2.33. The Morgan fingerprint density at radius 2 is 1.90 bits per heavy atom. The summed E-state index contributed by atoms with van der Waals surface area (Å²) in [6.07, 6.45) is 7.79. The first-order valence-electron chi connectivity index (χ1n) is 10.6. The number of morpholine rings is 1. The van der Waals surface area contributed by atoms with Crippen molar-refractivity contribution in [3.63, 3.8) is 0 Å². The Kier molecular flexibility index (Phi) is 6.30. The van der Waals surface area contributed by atoms with Crippen molar-refractivity contribution in [3.05, 3.63) is 24.0 Å². The normalized spacial score (nSPS) is 25.2. The number of amides is 2. The van der Waals surface area contributed by atoms with Crippen molar-refractivity contribution < 1.29 is 19.4 Å². The quantitative estimate of drug-likeness (QED) is 0.707. The first-order valence-corrected chi connectivity index (χ1v) is 10.6. The van der Waals surface area contributed by atoms with Crippen LogP contribution in [0.5, 0.6) is 5.75 Å². The molecule has 1 aliphatic carbocycles. The Balaban J connectivity index is 1.34. The summed E-state index contributed by atoms with van der Waals surface area (Å²) in [5, 5.41) is 12.5. The SMILES string of the molecule is O=C(NC[C@@H]1CC[C@H](CC(=O)N2CCOCC2)N1CC1CC1)c1cncc(O)c1. The summed E-state index contributed by atoms with van der Waals surface area (Å²) in [4.78, 5) is 33.4. The molecule has 2 N–H and O–H groups in total. The van der Waals surface area contributed by atoms with Crippen LogP contribution in [0, 0.1) is 5.92 Å². The van der Waals surface area contributed by atoms with Crippen molar-refractivity contribution in [3.8, 4) is 5.75 Å². The lowest BCUT2D eigenvalue weighted by molar-refractivity contribution is -0.136. The fourth-order valence-electron chi connectivity index (χ4n) is 4.36. The molecule has 2 atom stereocenters. The van der Waals surface area contributed by atoms with Gasteiger partial charge in [0.05, 0.1) is 25.0 Å². The zero-order chi connectivity index (χ0) is 20.2. The van der Waals surface area contributed by atoms with Crippen LogP contribution in [0.25, 0.3) is 0 Å². The van der Waals surface area contributed by atoms with Gasteiger partial charge in [-0.15, -0.1) is 0 Å². The van der Waals surface area contributed by atoms with Crippen molar-refractivity contribution in [2.45, 2.75) is 44.2 Å². The molecule has 8 heteroatoms. The number of hydrogen-bond acceptors (Lipinski definition) is 6. The topological polar surface area (TPSA) is 95.0 Å². The molecule has 1 saturated carbocycles. The number of rotatable bonds is 7. The second kappa shape index (κ2) is 9.09. The van der Waals surface area contributed by atoms with Crippen LogP contribution in [0.4, 0.5) is 0 Å². The number of nitrogens with one attached hydrogen (secondary N) is 1. The van der Waals surface area contributed by atoms with E-state index in [0.717, 1.165) is 25.3 Å².